The molecule has 28 heavy (non-hydrogen) atoms. The normalized spacial score (nSPS) is 15.4. The molecule has 2 aromatic heterocycles. The van der Waals surface area contributed by atoms with Gasteiger partial charge >= 0.3 is 0 Å². The molecule has 1 aliphatic heterocycles. The van der Waals surface area contributed by atoms with E-state index in [0.29, 0.717) is 0 Å². The molecule has 0 amide bonds. The summed E-state index contributed by atoms with van der Waals surface area (Å²) in [5.41, 5.74) is 2.33. The Morgan fingerprint density at radius 2 is 1.64 bits per heavy atom. The zero-order valence-corrected chi connectivity index (χ0v) is 16.8. The number of rotatable bonds is 4. The van der Waals surface area contributed by atoms with E-state index in [-0.39, 0.29) is 0 Å². The van der Waals surface area contributed by atoms with E-state index in [4.69, 9.17) is 16.7 Å². The topological polar surface area (TPSA) is 49.6 Å². The Hall–Kier alpha value is -2.48. The van der Waals surface area contributed by atoms with Gasteiger partial charge in [0, 0.05) is 42.5 Å². The van der Waals surface area contributed by atoms with E-state index >= 15 is 0 Å². The van der Waals surface area contributed by atoms with Crippen molar-refractivity contribution >= 4 is 33.6 Å². The summed E-state index contributed by atoms with van der Waals surface area (Å²) in [6.07, 6.45) is 0. The fraction of sp³-hybridized carbons (Fsp3) is 0.250. The molecule has 0 atom stereocenters. The number of aromatic nitrogens is 4. The Labute approximate surface area is 172 Å². The summed E-state index contributed by atoms with van der Waals surface area (Å²) in [5.74, 6) is 0.889. The monoisotopic (exact) mass is 410 g/mol. The van der Waals surface area contributed by atoms with Gasteiger partial charge in [-0.3, -0.25) is 4.90 Å². The molecule has 142 valence electrons. The van der Waals surface area contributed by atoms with Crippen LogP contribution in [0.4, 0.5) is 5.69 Å². The van der Waals surface area contributed by atoms with Crippen molar-refractivity contribution in [1.29, 1.82) is 0 Å². The zero-order valence-electron chi connectivity index (χ0n) is 15.2. The van der Waals surface area contributed by atoms with Crippen LogP contribution < -0.4 is 4.90 Å². The van der Waals surface area contributed by atoms with Gasteiger partial charge < -0.3 is 4.90 Å². The molecule has 0 spiro atoms. The van der Waals surface area contributed by atoms with E-state index in [2.05, 4.69) is 50.3 Å². The van der Waals surface area contributed by atoms with Crippen LogP contribution in [0.1, 0.15) is 5.82 Å². The quantitative estimate of drug-likeness (QED) is 0.511. The SMILES string of the molecule is Clc1ccc(-c2nn3c(CN4CCN(c5ccccc5)CC4)nnc3s2)cc1. The fourth-order valence-corrected chi connectivity index (χ4v) is 4.46. The molecule has 0 unspecified atom stereocenters. The summed E-state index contributed by atoms with van der Waals surface area (Å²) < 4.78 is 1.87. The molecule has 2 aromatic carbocycles. The Morgan fingerprint density at radius 1 is 0.893 bits per heavy atom. The van der Waals surface area contributed by atoms with Crippen molar-refractivity contribution in [2.24, 2.45) is 0 Å². The number of hydrogen-bond donors (Lipinski definition) is 0. The third kappa shape index (κ3) is 3.48. The molecule has 3 heterocycles. The van der Waals surface area contributed by atoms with Crippen LogP contribution in [-0.2, 0) is 6.54 Å². The van der Waals surface area contributed by atoms with Gasteiger partial charge in [-0.05, 0) is 24.3 Å². The van der Waals surface area contributed by atoms with Gasteiger partial charge in [0.1, 0.15) is 5.01 Å². The summed E-state index contributed by atoms with van der Waals surface area (Å²) in [5, 5.41) is 15.1. The lowest BCUT2D eigenvalue weighted by Crippen LogP contribution is -2.46. The van der Waals surface area contributed by atoms with Crippen molar-refractivity contribution in [2.75, 3.05) is 31.1 Å². The minimum Gasteiger partial charge on any atom is -0.369 e. The molecular weight excluding hydrogens is 392 g/mol. The molecule has 0 aliphatic carbocycles. The lowest BCUT2D eigenvalue weighted by molar-refractivity contribution is 0.242. The van der Waals surface area contributed by atoms with Gasteiger partial charge in [-0.1, -0.05) is 53.3 Å². The third-order valence-corrected chi connectivity index (χ3v) is 6.21. The van der Waals surface area contributed by atoms with Gasteiger partial charge in [-0.2, -0.15) is 9.61 Å². The van der Waals surface area contributed by atoms with E-state index in [0.717, 1.165) is 59.1 Å². The maximum absolute atomic E-state index is 5.99. The Bertz CT molecular complexity index is 1070. The molecule has 0 radical (unpaired) electrons. The zero-order chi connectivity index (χ0) is 18.9. The second kappa shape index (κ2) is 7.50. The lowest BCUT2D eigenvalue weighted by Gasteiger charge is -2.35. The van der Waals surface area contributed by atoms with Gasteiger partial charge in [-0.15, -0.1) is 10.2 Å². The first kappa shape index (κ1) is 17.6. The van der Waals surface area contributed by atoms with Crippen LogP contribution in [0.25, 0.3) is 15.5 Å². The molecule has 1 saturated heterocycles. The molecule has 5 rings (SSSR count). The van der Waals surface area contributed by atoms with Crippen LogP contribution in [0.5, 0.6) is 0 Å². The third-order valence-electron chi connectivity index (χ3n) is 5.01. The number of anilines is 1. The van der Waals surface area contributed by atoms with Gasteiger partial charge in [0.15, 0.2) is 5.82 Å². The number of halogens is 1. The van der Waals surface area contributed by atoms with Crippen LogP contribution in [0.15, 0.2) is 54.6 Å². The predicted molar refractivity (Wildman–Crippen MR) is 113 cm³/mol. The Balaban J connectivity index is 1.29. The molecular formula is C20H19ClN6S. The highest BCUT2D eigenvalue weighted by Gasteiger charge is 2.20. The Morgan fingerprint density at radius 3 is 2.39 bits per heavy atom. The number of hydrogen-bond acceptors (Lipinski definition) is 6. The second-order valence-corrected chi connectivity index (χ2v) is 8.22. The highest BCUT2D eigenvalue weighted by molar-refractivity contribution is 7.19. The van der Waals surface area contributed by atoms with Crippen molar-refractivity contribution in [1.82, 2.24) is 24.7 Å². The summed E-state index contributed by atoms with van der Waals surface area (Å²) in [6, 6.07) is 18.3. The van der Waals surface area contributed by atoms with Crippen molar-refractivity contribution in [3.63, 3.8) is 0 Å². The van der Waals surface area contributed by atoms with Crippen molar-refractivity contribution < 1.29 is 0 Å². The first-order valence-corrected chi connectivity index (χ1v) is 10.5. The summed E-state index contributed by atoms with van der Waals surface area (Å²) in [7, 11) is 0. The maximum Gasteiger partial charge on any atom is 0.235 e. The maximum atomic E-state index is 5.99. The summed E-state index contributed by atoms with van der Waals surface area (Å²) >= 11 is 7.53. The minimum absolute atomic E-state index is 0.724. The molecule has 1 fully saturated rings. The lowest BCUT2D eigenvalue weighted by atomic mass is 10.2. The van der Waals surface area contributed by atoms with Crippen LogP contribution >= 0.6 is 22.9 Å². The predicted octanol–water partition coefficient (Wildman–Crippen LogP) is 3.83. The molecule has 0 N–H and O–H groups in total. The first-order chi connectivity index (χ1) is 13.8. The van der Waals surface area contributed by atoms with Gasteiger partial charge in [0.25, 0.3) is 0 Å². The Kier molecular flexibility index (Phi) is 4.72. The largest absolute Gasteiger partial charge is 0.369 e. The number of piperazine rings is 1. The fourth-order valence-electron chi connectivity index (χ4n) is 3.47. The molecule has 8 heteroatoms. The smallest absolute Gasteiger partial charge is 0.235 e. The number of benzene rings is 2. The van der Waals surface area contributed by atoms with E-state index in [1.807, 2.05) is 28.8 Å². The van der Waals surface area contributed by atoms with Gasteiger partial charge in [0.2, 0.25) is 4.96 Å². The van der Waals surface area contributed by atoms with Gasteiger partial charge in [-0.25, -0.2) is 0 Å². The first-order valence-electron chi connectivity index (χ1n) is 9.26. The van der Waals surface area contributed by atoms with Crippen LogP contribution in [0, 0.1) is 0 Å². The molecule has 1 aliphatic rings. The van der Waals surface area contributed by atoms with Crippen molar-refractivity contribution in [3.05, 3.63) is 65.4 Å². The van der Waals surface area contributed by atoms with E-state index in [1.165, 1.54) is 5.69 Å². The van der Waals surface area contributed by atoms with Crippen molar-refractivity contribution in [2.45, 2.75) is 6.54 Å². The average Bonchev–Trinajstić information content (AvgIpc) is 3.32. The molecule has 0 bridgehead atoms. The number of fused-ring (bicyclic) bond motifs is 1. The highest BCUT2D eigenvalue weighted by atomic mass is 35.5. The van der Waals surface area contributed by atoms with Crippen molar-refractivity contribution in [3.8, 4) is 10.6 Å². The molecule has 4 aromatic rings. The second-order valence-electron chi connectivity index (χ2n) is 6.82. The van der Waals surface area contributed by atoms with Crippen LogP contribution in [-0.4, -0.2) is 50.9 Å². The number of nitrogens with zero attached hydrogens (tertiary/aromatic N) is 6. The molecule has 6 nitrogen and oxygen atoms in total. The van der Waals surface area contributed by atoms with E-state index in [9.17, 15) is 0 Å². The standard InChI is InChI=1S/C20H19ClN6S/c21-16-8-6-15(7-9-16)19-24-27-18(22-23-20(27)28-19)14-25-10-12-26(13-11-25)17-4-2-1-3-5-17/h1-9H,10-14H2. The average molecular weight is 411 g/mol. The summed E-state index contributed by atoms with van der Waals surface area (Å²) in [6.45, 7) is 4.78. The van der Waals surface area contributed by atoms with E-state index < -0.39 is 0 Å². The van der Waals surface area contributed by atoms with Gasteiger partial charge in [0.05, 0.1) is 6.54 Å². The minimum atomic E-state index is 0.724. The highest BCUT2D eigenvalue weighted by Crippen LogP contribution is 2.27. The van der Waals surface area contributed by atoms with Crippen LogP contribution in [0.3, 0.4) is 0 Å². The molecule has 0 saturated carbocycles. The van der Waals surface area contributed by atoms with E-state index in [1.54, 1.807) is 11.3 Å². The summed E-state index contributed by atoms with van der Waals surface area (Å²) in [4.78, 5) is 5.66. The number of para-hydroxylation sites is 1. The van der Waals surface area contributed by atoms with Crippen LogP contribution in [0.2, 0.25) is 5.02 Å².